The van der Waals surface area contributed by atoms with E-state index in [0.29, 0.717) is 12.8 Å². The largest absolute Gasteiger partial charge is 0.390 e. The second kappa shape index (κ2) is 4.54. The van der Waals surface area contributed by atoms with Gasteiger partial charge < -0.3 is 9.67 Å². The summed E-state index contributed by atoms with van der Waals surface area (Å²) in [5.41, 5.74) is 2.39. The summed E-state index contributed by atoms with van der Waals surface area (Å²) in [6, 6.07) is 1.83. The van der Waals surface area contributed by atoms with Crippen LogP contribution in [0, 0.1) is 12.3 Å². The summed E-state index contributed by atoms with van der Waals surface area (Å²) in [5.74, 6) is 0. The molecule has 0 radical (unpaired) electrons. The minimum Gasteiger partial charge on any atom is -0.388 e. The standard InChI is InChI=1S/C14H20F3NO/c1-9-6-10-11(7-13(2,3)8-12(10)19)18(9)5-4-14(15,16)17/h6,12,19H,4-5,7-8H2,1-3H3. The number of hydrogen-bond acceptors (Lipinski definition) is 1. The first kappa shape index (κ1) is 14.4. The Morgan fingerprint density at radius 1 is 1.42 bits per heavy atom. The number of alkyl halides is 3. The van der Waals surface area contributed by atoms with Crippen LogP contribution in [0.2, 0.25) is 0 Å². The quantitative estimate of drug-likeness (QED) is 0.873. The molecule has 1 aromatic rings. The number of halogens is 3. The molecule has 0 amide bonds. The minimum atomic E-state index is -4.15. The third kappa shape index (κ3) is 3.14. The Morgan fingerprint density at radius 2 is 2.05 bits per heavy atom. The molecule has 5 heteroatoms. The molecule has 1 aromatic heterocycles. The maximum atomic E-state index is 12.4. The van der Waals surface area contributed by atoms with Crippen molar-refractivity contribution in [2.24, 2.45) is 5.41 Å². The maximum absolute atomic E-state index is 12.4. The number of aromatic nitrogens is 1. The Bertz CT molecular complexity index is 474. The third-order valence-corrected chi connectivity index (χ3v) is 3.82. The van der Waals surface area contributed by atoms with Gasteiger partial charge in [0.15, 0.2) is 0 Å². The van der Waals surface area contributed by atoms with Crippen LogP contribution in [-0.2, 0) is 13.0 Å². The number of fused-ring (bicyclic) bond motifs is 1. The molecule has 1 atom stereocenters. The van der Waals surface area contributed by atoms with Crippen molar-refractivity contribution >= 4 is 0 Å². The molecule has 1 heterocycles. The second-order valence-corrected chi connectivity index (χ2v) is 6.27. The molecule has 0 saturated carbocycles. The Kier molecular flexibility index (Phi) is 3.45. The normalized spacial score (nSPS) is 22.4. The predicted octanol–water partition coefficient (Wildman–Crippen LogP) is 3.75. The van der Waals surface area contributed by atoms with E-state index < -0.39 is 18.7 Å². The predicted molar refractivity (Wildman–Crippen MR) is 66.9 cm³/mol. The highest BCUT2D eigenvalue weighted by Crippen LogP contribution is 2.42. The van der Waals surface area contributed by atoms with Crippen molar-refractivity contribution in [2.45, 2.75) is 58.9 Å². The zero-order chi connectivity index (χ0) is 14.4. The molecule has 2 rings (SSSR count). The molecule has 2 nitrogen and oxygen atoms in total. The Morgan fingerprint density at radius 3 is 2.63 bits per heavy atom. The summed E-state index contributed by atoms with van der Waals surface area (Å²) in [7, 11) is 0. The number of aryl methyl sites for hydroxylation is 1. The summed E-state index contributed by atoms with van der Waals surface area (Å²) in [4.78, 5) is 0. The molecule has 108 valence electrons. The van der Waals surface area contributed by atoms with Gasteiger partial charge >= 0.3 is 6.18 Å². The van der Waals surface area contributed by atoms with Gasteiger partial charge in [0.05, 0.1) is 12.5 Å². The van der Waals surface area contributed by atoms with Crippen molar-refractivity contribution in [2.75, 3.05) is 0 Å². The maximum Gasteiger partial charge on any atom is 0.390 e. The van der Waals surface area contributed by atoms with E-state index in [1.54, 1.807) is 11.5 Å². The van der Waals surface area contributed by atoms with Gasteiger partial charge in [0.25, 0.3) is 0 Å². The molecular weight excluding hydrogens is 255 g/mol. The summed E-state index contributed by atoms with van der Waals surface area (Å²) >= 11 is 0. The summed E-state index contributed by atoms with van der Waals surface area (Å²) < 4.78 is 38.8. The van der Waals surface area contributed by atoms with Gasteiger partial charge in [-0.05, 0) is 31.2 Å². The SMILES string of the molecule is Cc1cc2c(n1CCC(F)(F)F)CC(C)(C)CC2O. The molecule has 19 heavy (non-hydrogen) atoms. The molecule has 1 N–H and O–H groups in total. The lowest BCUT2D eigenvalue weighted by Gasteiger charge is -2.34. The third-order valence-electron chi connectivity index (χ3n) is 3.82. The number of nitrogens with zero attached hydrogens (tertiary/aromatic N) is 1. The van der Waals surface area contributed by atoms with E-state index in [1.165, 1.54) is 0 Å². The Labute approximate surface area is 111 Å². The van der Waals surface area contributed by atoms with Crippen LogP contribution in [0.1, 0.15) is 49.7 Å². The Balaban J connectivity index is 2.31. The number of aliphatic hydroxyl groups is 1. The van der Waals surface area contributed by atoms with Crippen molar-refractivity contribution < 1.29 is 18.3 Å². The fourth-order valence-corrected chi connectivity index (χ4v) is 2.95. The lowest BCUT2D eigenvalue weighted by Crippen LogP contribution is -2.27. The smallest absolute Gasteiger partial charge is 0.388 e. The van der Waals surface area contributed by atoms with Gasteiger partial charge in [0.2, 0.25) is 0 Å². The zero-order valence-corrected chi connectivity index (χ0v) is 11.5. The minimum absolute atomic E-state index is 0.0620. The molecule has 0 fully saturated rings. The lowest BCUT2D eigenvalue weighted by atomic mass is 9.75. The van der Waals surface area contributed by atoms with Gasteiger partial charge in [-0.1, -0.05) is 13.8 Å². The monoisotopic (exact) mass is 275 g/mol. The molecular formula is C14H20F3NO. The topological polar surface area (TPSA) is 25.2 Å². The summed E-state index contributed by atoms with van der Waals surface area (Å²) in [6.45, 7) is 5.81. The van der Waals surface area contributed by atoms with Gasteiger partial charge in [-0.25, -0.2) is 0 Å². The van der Waals surface area contributed by atoms with E-state index in [4.69, 9.17) is 0 Å². The Hall–Kier alpha value is -0.970. The van der Waals surface area contributed by atoms with Crippen LogP contribution in [0.15, 0.2) is 6.07 Å². The van der Waals surface area contributed by atoms with Crippen molar-refractivity contribution in [1.82, 2.24) is 4.57 Å². The second-order valence-electron chi connectivity index (χ2n) is 6.27. The van der Waals surface area contributed by atoms with Gasteiger partial charge in [-0.2, -0.15) is 13.2 Å². The van der Waals surface area contributed by atoms with Crippen LogP contribution in [-0.4, -0.2) is 15.8 Å². The van der Waals surface area contributed by atoms with Gasteiger partial charge in [-0.15, -0.1) is 0 Å². The average molecular weight is 275 g/mol. The molecule has 0 aliphatic heterocycles. The van der Waals surface area contributed by atoms with Crippen molar-refractivity contribution in [3.05, 3.63) is 23.0 Å². The van der Waals surface area contributed by atoms with Gasteiger partial charge in [0, 0.05) is 23.5 Å². The molecule has 1 unspecified atom stereocenters. The first-order valence-electron chi connectivity index (χ1n) is 6.53. The van der Waals surface area contributed by atoms with Crippen LogP contribution in [0.25, 0.3) is 0 Å². The van der Waals surface area contributed by atoms with E-state index in [2.05, 4.69) is 0 Å². The van der Waals surface area contributed by atoms with Crippen LogP contribution in [0.5, 0.6) is 0 Å². The lowest BCUT2D eigenvalue weighted by molar-refractivity contribution is -0.136. The van der Waals surface area contributed by atoms with Crippen LogP contribution < -0.4 is 0 Å². The fourth-order valence-electron chi connectivity index (χ4n) is 2.95. The van der Waals surface area contributed by atoms with Crippen LogP contribution in [0.4, 0.5) is 13.2 Å². The highest BCUT2D eigenvalue weighted by Gasteiger charge is 2.35. The zero-order valence-electron chi connectivity index (χ0n) is 11.5. The molecule has 0 saturated heterocycles. The first-order chi connectivity index (χ1) is 8.59. The highest BCUT2D eigenvalue weighted by molar-refractivity contribution is 5.33. The van der Waals surface area contributed by atoms with Gasteiger partial charge in [-0.3, -0.25) is 0 Å². The van der Waals surface area contributed by atoms with Gasteiger partial charge in [0.1, 0.15) is 0 Å². The number of rotatable bonds is 2. The summed E-state index contributed by atoms with van der Waals surface area (Å²) in [5, 5.41) is 10.1. The van der Waals surface area contributed by atoms with E-state index in [-0.39, 0.29) is 12.0 Å². The average Bonchev–Trinajstić information content (AvgIpc) is 2.49. The van der Waals surface area contributed by atoms with Crippen LogP contribution in [0.3, 0.4) is 0 Å². The van der Waals surface area contributed by atoms with Crippen LogP contribution >= 0.6 is 0 Å². The summed E-state index contributed by atoms with van der Waals surface area (Å²) in [6.07, 6.45) is -4.17. The highest BCUT2D eigenvalue weighted by atomic mass is 19.4. The first-order valence-corrected chi connectivity index (χ1v) is 6.53. The molecule has 0 bridgehead atoms. The molecule has 1 aliphatic carbocycles. The fraction of sp³-hybridized carbons (Fsp3) is 0.714. The van der Waals surface area contributed by atoms with E-state index in [0.717, 1.165) is 17.0 Å². The van der Waals surface area contributed by atoms with E-state index in [1.807, 2.05) is 19.9 Å². The molecule has 0 aromatic carbocycles. The molecule has 1 aliphatic rings. The van der Waals surface area contributed by atoms with E-state index in [9.17, 15) is 18.3 Å². The van der Waals surface area contributed by atoms with Crippen molar-refractivity contribution in [3.8, 4) is 0 Å². The molecule has 0 spiro atoms. The van der Waals surface area contributed by atoms with E-state index >= 15 is 0 Å². The van der Waals surface area contributed by atoms with Crippen molar-refractivity contribution in [3.63, 3.8) is 0 Å². The number of aliphatic hydroxyl groups excluding tert-OH is 1. The van der Waals surface area contributed by atoms with Crippen molar-refractivity contribution in [1.29, 1.82) is 0 Å². The number of hydrogen-bond donors (Lipinski definition) is 1.